The van der Waals surface area contributed by atoms with E-state index in [4.69, 9.17) is 11.6 Å². The third kappa shape index (κ3) is 4.94. The van der Waals surface area contributed by atoms with Gasteiger partial charge >= 0.3 is 12.1 Å². The molecule has 0 aliphatic rings. The largest absolute Gasteiger partial charge is 0.449 e. The lowest BCUT2D eigenvalue weighted by Gasteiger charge is -2.16. The van der Waals surface area contributed by atoms with Crippen molar-refractivity contribution >= 4 is 29.2 Å². The van der Waals surface area contributed by atoms with Crippen molar-refractivity contribution in [2.24, 2.45) is 0 Å². The molecule has 0 saturated carbocycles. The topological polar surface area (TPSA) is 55.4 Å². The Kier molecular flexibility index (Phi) is 6.04. The van der Waals surface area contributed by atoms with E-state index in [9.17, 15) is 31.5 Å². The van der Waals surface area contributed by atoms with Crippen LogP contribution in [0.2, 0.25) is 5.02 Å². The second-order valence-corrected chi connectivity index (χ2v) is 5.73. The van der Waals surface area contributed by atoms with Gasteiger partial charge in [-0.3, -0.25) is 4.79 Å². The highest BCUT2D eigenvalue weighted by Gasteiger charge is 2.31. The first kappa shape index (κ1) is 20.6. The molecule has 2 rings (SSSR count). The average Bonchev–Trinajstić information content (AvgIpc) is 2.55. The molecule has 0 spiro atoms. The fourth-order valence-corrected chi connectivity index (χ4v) is 2.16. The minimum atomic E-state index is -4.66. The SMILES string of the molecule is C[C@@H](OC(=O)c1c(F)cccc1F)C(=O)Nc1cc(C(F)(F)F)ccc1Cl. The molecule has 0 heterocycles. The van der Waals surface area contributed by atoms with Crippen LogP contribution in [0, 0.1) is 11.6 Å². The van der Waals surface area contributed by atoms with Crippen LogP contribution in [0.5, 0.6) is 0 Å². The molecule has 1 amide bonds. The Morgan fingerprint density at radius 1 is 1.11 bits per heavy atom. The first-order valence-electron chi connectivity index (χ1n) is 7.33. The Bertz CT molecular complexity index is 865. The molecule has 0 unspecified atom stereocenters. The third-order valence-corrected chi connectivity index (χ3v) is 3.70. The van der Waals surface area contributed by atoms with E-state index < -0.39 is 46.9 Å². The zero-order valence-electron chi connectivity index (χ0n) is 13.5. The summed E-state index contributed by atoms with van der Waals surface area (Å²) in [6, 6.07) is 4.95. The molecule has 0 fully saturated rings. The number of amides is 1. The number of anilines is 1. The summed E-state index contributed by atoms with van der Waals surface area (Å²) in [5.74, 6) is -4.85. The standard InChI is InChI=1S/C17H11ClF5NO3/c1-8(27-16(26)14-11(19)3-2-4-12(14)20)15(25)24-13-7-9(17(21,22)23)5-6-10(13)18/h2-8H,1H3,(H,24,25)/t8-/m1/s1. The molecule has 2 aromatic rings. The maximum Gasteiger partial charge on any atom is 0.416 e. The average molecular weight is 408 g/mol. The van der Waals surface area contributed by atoms with Gasteiger partial charge in [-0.1, -0.05) is 17.7 Å². The van der Waals surface area contributed by atoms with Crippen molar-refractivity contribution in [1.82, 2.24) is 0 Å². The van der Waals surface area contributed by atoms with Gasteiger partial charge in [0, 0.05) is 0 Å². The smallest absolute Gasteiger partial charge is 0.416 e. The fraction of sp³-hybridized carbons (Fsp3) is 0.176. The van der Waals surface area contributed by atoms with Crippen LogP contribution in [0.3, 0.4) is 0 Å². The number of alkyl halides is 3. The molecule has 27 heavy (non-hydrogen) atoms. The van der Waals surface area contributed by atoms with E-state index in [0.29, 0.717) is 6.07 Å². The molecular weight excluding hydrogens is 397 g/mol. The second kappa shape index (κ2) is 7.91. The lowest BCUT2D eigenvalue weighted by Crippen LogP contribution is -2.30. The first-order chi connectivity index (χ1) is 12.5. The Morgan fingerprint density at radius 3 is 2.26 bits per heavy atom. The molecular formula is C17H11ClF5NO3. The summed E-state index contributed by atoms with van der Waals surface area (Å²) in [6.45, 7) is 1.08. The molecule has 0 aliphatic heterocycles. The Balaban J connectivity index is 2.13. The van der Waals surface area contributed by atoms with Gasteiger partial charge in [0.1, 0.15) is 17.2 Å². The van der Waals surface area contributed by atoms with Gasteiger partial charge < -0.3 is 10.1 Å². The van der Waals surface area contributed by atoms with Crippen LogP contribution in [-0.2, 0) is 15.7 Å². The van der Waals surface area contributed by atoms with Crippen LogP contribution in [0.15, 0.2) is 36.4 Å². The van der Waals surface area contributed by atoms with E-state index in [2.05, 4.69) is 10.1 Å². The molecule has 0 bridgehead atoms. The third-order valence-electron chi connectivity index (χ3n) is 3.37. The fourth-order valence-electron chi connectivity index (χ4n) is 2.00. The zero-order valence-corrected chi connectivity index (χ0v) is 14.3. The summed E-state index contributed by atoms with van der Waals surface area (Å²) >= 11 is 5.75. The number of rotatable bonds is 4. The normalized spacial score (nSPS) is 12.4. The second-order valence-electron chi connectivity index (χ2n) is 5.33. The molecule has 1 N–H and O–H groups in total. The van der Waals surface area contributed by atoms with Crippen LogP contribution >= 0.6 is 11.6 Å². The number of benzene rings is 2. The van der Waals surface area contributed by atoms with Crippen molar-refractivity contribution in [3.8, 4) is 0 Å². The highest BCUT2D eigenvalue weighted by molar-refractivity contribution is 6.33. The van der Waals surface area contributed by atoms with Gasteiger partial charge in [-0.05, 0) is 37.3 Å². The van der Waals surface area contributed by atoms with Crippen LogP contribution in [-0.4, -0.2) is 18.0 Å². The van der Waals surface area contributed by atoms with Crippen LogP contribution in [0.1, 0.15) is 22.8 Å². The van der Waals surface area contributed by atoms with Crippen molar-refractivity contribution in [1.29, 1.82) is 0 Å². The van der Waals surface area contributed by atoms with Crippen LogP contribution < -0.4 is 5.32 Å². The molecule has 4 nitrogen and oxygen atoms in total. The summed E-state index contributed by atoms with van der Waals surface area (Å²) in [5, 5.41) is 1.89. The Morgan fingerprint density at radius 2 is 1.70 bits per heavy atom. The molecule has 0 radical (unpaired) electrons. The number of halogens is 6. The van der Waals surface area contributed by atoms with Gasteiger partial charge in [-0.25, -0.2) is 13.6 Å². The number of hydrogen-bond acceptors (Lipinski definition) is 3. The van der Waals surface area contributed by atoms with Crippen molar-refractivity contribution in [3.63, 3.8) is 0 Å². The Hall–Kier alpha value is -2.68. The van der Waals surface area contributed by atoms with Gasteiger partial charge in [0.25, 0.3) is 5.91 Å². The molecule has 144 valence electrons. The molecule has 0 aromatic heterocycles. The number of hydrogen-bond donors (Lipinski definition) is 1. The van der Waals surface area contributed by atoms with E-state index in [1.807, 2.05) is 0 Å². The summed E-state index contributed by atoms with van der Waals surface area (Å²) in [4.78, 5) is 23.9. The minimum Gasteiger partial charge on any atom is -0.449 e. The number of carbonyl (C=O) groups is 2. The zero-order chi connectivity index (χ0) is 20.4. The number of esters is 1. The van der Waals surface area contributed by atoms with Crippen molar-refractivity contribution in [2.75, 3.05) is 5.32 Å². The van der Waals surface area contributed by atoms with Gasteiger partial charge in [0.05, 0.1) is 16.3 Å². The number of ether oxygens (including phenoxy) is 1. The lowest BCUT2D eigenvalue weighted by atomic mass is 10.2. The van der Waals surface area contributed by atoms with Gasteiger partial charge in [0.15, 0.2) is 6.10 Å². The lowest BCUT2D eigenvalue weighted by molar-refractivity contribution is -0.137. The van der Waals surface area contributed by atoms with Gasteiger partial charge in [-0.2, -0.15) is 13.2 Å². The molecule has 0 aliphatic carbocycles. The quantitative estimate of drug-likeness (QED) is 0.584. The number of nitrogens with one attached hydrogen (secondary N) is 1. The monoisotopic (exact) mass is 407 g/mol. The molecule has 2 aromatic carbocycles. The summed E-state index contributed by atoms with van der Waals surface area (Å²) in [7, 11) is 0. The minimum absolute atomic E-state index is 0.185. The van der Waals surface area contributed by atoms with Gasteiger partial charge in [-0.15, -0.1) is 0 Å². The van der Waals surface area contributed by atoms with Crippen LogP contribution in [0.4, 0.5) is 27.6 Å². The highest BCUT2D eigenvalue weighted by Crippen LogP contribution is 2.33. The summed E-state index contributed by atoms with van der Waals surface area (Å²) in [6.07, 6.45) is -6.23. The highest BCUT2D eigenvalue weighted by atomic mass is 35.5. The molecule has 10 heteroatoms. The molecule has 0 saturated heterocycles. The van der Waals surface area contributed by atoms with Gasteiger partial charge in [0.2, 0.25) is 0 Å². The van der Waals surface area contributed by atoms with E-state index in [1.165, 1.54) is 0 Å². The van der Waals surface area contributed by atoms with Crippen molar-refractivity contribution in [3.05, 3.63) is 64.2 Å². The summed E-state index contributed by atoms with van der Waals surface area (Å²) in [5.41, 5.74) is -2.41. The first-order valence-corrected chi connectivity index (χ1v) is 7.71. The number of carbonyl (C=O) groups excluding carboxylic acids is 2. The predicted octanol–water partition coefficient (Wildman–Crippen LogP) is 4.82. The van der Waals surface area contributed by atoms with Crippen LogP contribution in [0.25, 0.3) is 0 Å². The predicted molar refractivity (Wildman–Crippen MR) is 86.3 cm³/mol. The Labute approximate surface area is 154 Å². The molecule has 1 atom stereocenters. The maximum absolute atomic E-state index is 13.5. The van der Waals surface area contributed by atoms with Crippen molar-refractivity contribution in [2.45, 2.75) is 19.2 Å². The van der Waals surface area contributed by atoms with Crippen molar-refractivity contribution < 1.29 is 36.3 Å². The van der Waals surface area contributed by atoms with E-state index >= 15 is 0 Å². The van der Waals surface area contributed by atoms with E-state index in [0.717, 1.165) is 37.3 Å². The van der Waals surface area contributed by atoms with E-state index in [-0.39, 0.29) is 10.7 Å². The summed E-state index contributed by atoms with van der Waals surface area (Å²) < 4.78 is 70.0. The van der Waals surface area contributed by atoms with E-state index in [1.54, 1.807) is 0 Å². The maximum atomic E-state index is 13.5.